The highest BCUT2D eigenvalue weighted by atomic mass is 19.1. The molecule has 3 rings (SSSR count). The highest BCUT2D eigenvalue weighted by molar-refractivity contribution is 6.03. The number of carbonyl (C=O) groups excluding carboxylic acids is 1. The molecule has 0 saturated heterocycles. The van der Waals surface area contributed by atoms with Gasteiger partial charge in [-0.1, -0.05) is 43.5 Å². The lowest BCUT2D eigenvalue weighted by Crippen LogP contribution is -2.26. The van der Waals surface area contributed by atoms with Crippen molar-refractivity contribution < 1.29 is 32.9 Å². The number of ether oxygens (including phenoxy) is 5. The van der Waals surface area contributed by atoms with Crippen molar-refractivity contribution in [3.05, 3.63) is 91.3 Å². The Bertz CT molecular complexity index is 1180. The molecule has 0 N–H and O–H groups in total. The average molecular weight is 482 g/mol. The highest BCUT2D eigenvalue weighted by Gasteiger charge is 2.30. The van der Waals surface area contributed by atoms with E-state index in [4.69, 9.17) is 23.7 Å². The Hall–Kier alpha value is -4.07. The molecule has 0 aliphatic rings. The van der Waals surface area contributed by atoms with Crippen LogP contribution in [0.2, 0.25) is 0 Å². The number of halogens is 1. The minimum absolute atomic E-state index is 0.0397. The SMILES string of the molecule is C=COCCOc1c(C(=O)OC(C)(C)c2ccccc2)cc(OCCOC=C)c2c(F)ccnc12. The van der Waals surface area contributed by atoms with E-state index in [9.17, 15) is 9.18 Å². The zero-order valence-electron chi connectivity index (χ0n) is 19.8. The van der Waals surface area contributed by atoms with Gasteiger partial charge in [0, 0.05) is 6.20 Å². The molecule has 0 bridgehead atoms. The molecule has 0 unspecified atom stereocenters. The summed E-state index contributed by atoms with van der Waals surface area (Å²) >= 11 is 0. The Morgan fingerprint density at radius 2 is 1.66 bits per heavy atom. The number of fused-ring (bicyclic) bond motifs is 1. The van der Waals surface area contributed by atoms with E-state index in [-0.39, 0.29) is 54.4 Å². The smallest absolute Gasteiger partial charge is 0.343 e. The van der Waals surface area contributed by atoms with Gasteiger partial charge in [-0.3, -0.25) is 4.98 Å². The molecule has 1 heterocycles. The van der Waals surface area contributed by atoms with Crippen LogP contribution in [0.4, 0.5) is 4.39 Å². The van der Waals surface area contributed by atoms with E-state index in [2.05, 4.69) is 18.1 Å². The van der Waals surface area contributed by atoms with Crippen molar-refractivity contribution in [2.75, 3.05) is 26.4 Å². The second kappa shape index (κ2) is 11.9. The maximum absolute atomic E-state index is 14.9. The number of rotatable bonds is 13. The third-order valence-corrected chi connectivity index (χ3v) is 5.06. The summed E-state index contributed by atoms with van der Waals surface area (Å²) in [6, 6.07) is 11.9. The Kier molecular flexibility index (Phi) is 8.67. The topological polar surface area (TPSA) is 76.1 Å². The van der Waals surface area contributed by atoms with Crippen molar-refractivity contribution in [2.24, 2.45) is 0 Å². The van der Waals surface area contributed by atoms with Crippen LogP contribution in [0.3, 0.4) is 0 Å². The van der Waals surface area contributed by atoms with Crippen molar-refractivity contribution >= 4 is 16.9 Å². The second-order valence-corrected chi connectivity index (χ2v) is 7.81. The van der Waals surface area contributed by atoms with E-state index in [1.165, 1.54) is 30.9 Å². The predicted octanol–water partition coefficient (Wildman–Crippen LogP) is 5.54. The monoisotopic (exact) mass is 481 g/mol. The van der Waals surface area contributed by atoms with Crippen LogP contribution >= 0.6 is 0 Å². The normalized spacial score (nSPS) is 10.9. The summed E-state index contributed by atoms with van der Waals surface area (Å²) in [5.74, 6) is -1.09. The van der Waals surface area contributed by atoms with Crippen LogP contribution in [-0.2, 0) is 19.8 Å². The number of carbonyl (C=O) groups is 1. The van der Waals surface area contributed by atoms with Gasteiger partial charge in [0.15, 0.2) is 5.75 Å². The van der Waals surface area contributed by atoms with E-state index < -0.39 is 17.4 Å². The summed E-state index contributed by atoms with van der Waals surface area (Å²) in [7, 11) is 0. The molecule has 7 nitrogen and oxygen atoms in total. The molecule has 184 valence electrons. The van der Waals surface area contributed by atoms with Gasteiger partial charge in [-0.05, 0) is 31.5 Å². The van der Waals surface area contributed by atoms with Crippen LogP contribution in [0, 0.1) is 5.82 Å². The third kappa shape index (κ3) is 6.29. The van der Waals surface area contributed by atoms with Gasteiger partial charge in [-0.25, -0.2) is 9.18 Å². The Balaban J connectivity index is 2.06. The molecule has 2 aromatic carbocycles. The molecular weight excluding hydrogens is 453 g/mol. The fourth-order valence-electron chi connectivity index (χ4n) is 3.40. The van der Waals surface area contributed by atoms with Gasteiger partial charge in [-0.15, -0.1) is 0 Å². The van der Waals surface area contributed by atoms with Crippen LogP contribution < -0.4 is 9.47 Å². The molecule has 0 saturated carbocycles. The first kappa shape index (κ1) is 25.6. The molecule has 0 spiro atoms. The average Bonchev–Trinajstić information content (AvgIpc) is 2.85. The van der Waals surface area contributed by atoms with Crippen molar-refractivity contribution in [3.8, 4) is 11.5 Å². The van der Waals surface area contributed by atoms with Gasteiger partial charge in [0.05, 0.1) is 17.9 Å². The van der Waals surface area contributed by atoms with Crippen molar-refractivity contribution in [1.82, 2.24) is 4.98 Å². The largest absolute Gasteiger partial charge is 0.498 e. The zero-order chi connectivity index (χ0) is 25.3. The van der Waals surface area contributed by atoms with Gasteiger partial charge in [0.1, 0.15) is 54.7 Å². The van der Waals surface area contributed by atoms with Gasteiger partial charge in [0.2, 0.25) is 0 Å². The third-order valence-electron chi connectivity index (χ3n) is 5.06. The molecule has 35 heavy (non-hydrogen) atoms. The number of nitrogens with zero attached hydrogens (tertiary/aromatic N) is 1. The quantitative estimate of drug-likeness (QED) is 0.180. The van der Waals surface area contributed by atoms with Crippen molar-refractivity contribution in [1.29, 1.82) is 0 Å². The molecule has 1 aromatic heterocycles. The number of benzene rings is 2. The maximum atomic E-state index is 14.9. The minimum Gasteiger partial charge on any atom is -0.498 e. The van der Waals surface area contributed by atoms with Crippen LogP contribution in [0.1, 0.15) is 29.8 Å². The van der Waals surface area contributed by atoms with Crippen molar-refractivity contribution in [3.63, 3.8) is 0 Å². The minimum atomic E-state index is -0.954. The van der Waals surface area contributed by atoms with E-state index in [0.717, 1.165) is 5.56 Å². The number of pyridine rings is 1. The maximum Gasteiger partial charge on any atom is 0.343 e. The first-order chi connectivity index (χ1) is 16.9. The molecule has 0 atom stereocenters. The summed E-state index contributed by atoms with van der Waals surface area (Å²) in [6.45, 7) is 11.0. The molecule has 0 aliphatic carbocycles. The Morgan fingerprint density at radius 3 is 2.31 bits per heavy atom. The Labute approximate surface area is 203 Å². The fourth-order valence-corrected chi connectivity index (χ4v) is 3.40. The molecule has 0 fully saturated rings. The summed E-state index contributed by atoms with van der Waals surface area (Å²) in [5.41, 5.74) is 0.0105. The van der Waals surface area contributed by atoms with Gasteiger partial charge >= 0.3 is 5.97 Å². The van der Waals surface area contributed by atoms with Crippen molar-refractivity contribution in [2.45, 2.75) is 19.4 Å². The summed E-state index contributed by atoms with van der Waals surface area (Å²) in [5, 5.41) is 0.0737. The number of hydrogen-bond acceptors (Lipinski definition) is 7. The van der Waals surface area contributed by atoms with E-state index in [1.54, 1.807) is 13.8 Å². The van der Waals surface area contributed by atoms with Gasteiger partial charge in [0.25, 0.3) is 0 Å². The lowest BCUT2D eigenvalue weighted by atomic mass is 9.98. The highest BCUT2D eigenvalue weighted by Crippen LogP contribution is 2.39. The van der Waals surface area contributed by atoms with E-state index in [0.29, 0.717) is 0 Å². The van der Waals surface area contributed by atoms with E-state index >= 15 is 0 Å². The Morgan fingerprint density at radius 1 is 1.00 bits per heavy atom. The number of hydrogen-bond donors (Lipinski definition) is 0. The molecule has 0 amide bonds. The lowest BCUT2D eigenvalue weighted by molar-refractivity contribution is -0.00356. The second-order valence-electron chi connectivity index (χ2n) is 7.81. The van der Waals surface area contributed by atoms with Crippen LogP contribution in [0.25, 0.3) is 10.9 Å². The number of esters is 1. The molecule has 0 radical (unpaired) electrons. The first-order valence-corrected chi connectivity index (χ1v) is 11.0. The van der Waals surface area contributed by atoms with E-state index in [1.807, 2.05) is 30.3 Å². The summed E-state index contributed by atoms with van der Waals surface area (Å²) in [6.07, 6.45) is 3.85. The summed E-state index contributed by atoms with van der Waals surface area (Å²) in [4.78, 5) is 17.7. The molecular formula is C27H28FNO6. The predicted molar refractivity (Wildman–Crippen MR) is 130 cm³/mol. The molecule has 0 aliphatic heterocycles. The van der Waals surface area contributed by atoms with Gasteiger partial charge in [-0.2, -0.15) is 0 Å². The number of aromatic nitrogens is 1. The lowest BCUT2D eigenvalue weighted by Gasteiger charge is -2.26. The fraction of sp³-hybridized carbons (Fsp3) is 0.259. The molecule has 3 aromatic rings. The van der Waals surface area contributed by atoms with Gasteiger partial charge < -0.3 is 23.7 Å². The standard InChI is InChI=1S/C27H28FNO6/c1-5-31-14-16-33-22-18-20(26(30)35-27(3,4)19-10-8-7-9-11-19)25(34-17-15-32-6-2)24-23(22)21(28)12-13-29-24/h5-13,18H,1-2,14-17H2,3-4H3. The zero-order valence-corrected chi connectivity index (χ0v) is 19.8. The van der Waals surface area contributed by atoms with Crippen LogP contribution in [0.5, 0.6) is 11.5 Å². The molecule has 8 heteroatoms. The van der Waals surface area contributed by atoms with Crippen LogP contribution in [0.15, 0.2) is 74.3 Å². The van der Waals surface area contributed by atoms with Crippen LogP contribution in [-0.4, -0.2) is 37.4 Å². The first-order valence-electron chi connectivity index (χ1n) is 11.0. The summed E-state index contributed by atoms with van der Waals surface area (Å²) < 4.78 is 42.6.